The van der Waals surface area contributed by atoms with Gasteiger partial charge in [-0.25, -0.2) is 12.7 Å². The van der Waals surface area contributed by atoms with Crippen molar-refractivity contribution >= 4 is 10.0 Å². The maximum atomic E-state index is 12.0. The van der Waals surface area contributed by atoms with Crippen LogP contribution in [0.2, 0.25) is 0 Å². The monoisotopic (exact) mass is 338 g/mol. The molecule has 0 aliphatic heterocycles. The van der Waals surface area contributed by atoms with Crippen LogP contribution in [0.3, 0.4) is 0 Å². The zero-order valence-electron chi connectivity index (χ0n) is 13.4. The van der Waals surface area contributed by atoms with Crippen molar-refractivity contribution < 1.29 is 17.9 Å². The van der Waals surface area contributed by atoms with Gasteiger partial charge in [0.2, 0.25) is 10.0 Å². The summed E-state index contributed by atoms with van der Waals surface area (Å²) in [4.78, 5) is 0.258. The molecule has 0 spiro atoms. The molecule has 0 aliphatic rings. The number of benzene rings is 1. The number of nitrogens with one attached hydrogen (secondary N) is 1. The number of hydrogen-bond donors (Lipinski definition) is 2. The third-order valence-corrected chi connectivity index (χ3v) is 5.48. The molecule has 0 aliphatic carbocycles. The Morgan fingerprint density at radius 2 is 1.87 bits per heavy atom. The maximum Gasteiger partial charge on any atom is 0.242 e. The fourth-order valence-electron chi connectivity index (χ4n) is 2.13. The van der Waals surface area contributed by atoms with Gasteiger partial charge in [0.25, 0.3) is 0 Å². The molecular weight excluding hydrogens is 316 g/mol. The molecule has 0 fully saturated rings. The Morgan fingerprint density at radius 1 is 1.22 bits per heavy atom. The highest BCUT2D eigenvalue weighted by atomic mass is 32.2. The Hall–Kier alpha value is -1.67. The second kappa shape index (κ2) is 7.27. The lowest BCUT2D eigenvalue weighted by Gasteiger charge is -2.17. The smallest absolute Gasteiger partial charge is 0.242 e. The van der Waals surface area contributed by atoms with Crippen LogP contribution < -0.4 is 5.32 Å². The minimum atomic E-state index is -3.41. The van der Waals surface area contributed by atoms with Crippen molar-refractivity contribution in [2.75, 3.05) is 20.6 Å². The summed E-state index contributed by atoms with van der Waals surface area (Å²) in [6.45, 7) is 2.29. The van der Waals surface area contributed by atoms with Gasteiger partial charge in [0.15, 0.2) is 0 Å². The zero-order chi connectivity index (χ0) is 17.0. The number of nitrogens with zero attached hydrogens (tertiary/aromatic N) is 1. The van der Waals surface area contributed by atoms with Gasteiger partial charge in [-0.15, -0.1) is 0 Å². The molecule has 2 N–H and O–H groups in total. The number of furan rings is 1. The molecule has 0 radical (unpaired) electrons. The van der Waals surface area contributed by atoms with Crippen LogP contribution in [0.1, 0.15) is 30.4 Å². The van der Waals surface area contributed by atoms with E-state index >= 15 is 0 Å². The average molecular weight is 338 g/mol. The summed E-state index contributed by atoms with van der Waals surface area (Å²) in [7, 11) is -0.407. The van der Waals surface area contributed by atoms with Gasteiger partial charge < -0.3 is 14.8 Å². The van der Waals surface area contributed by atoms with Crippen molar-refractivity contribution in [1.29, 1.82) is 0 Å². The molecule has 2 unspecified atom stereocenters. The lowest BCUT2D eigenvalue weighted by molar-refractivity contribution is 0.144. The molecule has 23 heavy (non-hydrogen) atoms. The number of sulfonamides is 1. The summed E-state index contributed by atoms with van der Waals surface area (Å²) in [5.41, 5.74) is 0.939. The molecule has 2 aromatic rings. The second-order valence-corrected chi connectivity index (χ2v) is 7.67. The van der Waals surface area contributed by atoms with E-state index in [0.717, 1.165) is 5.56 Å². The second-order valence-electron chi connectivity index (χ2n) is 5.52. The van der Waals surface area contributed by atoms with Crippen LogP contribution in [0.25, 0.3) is 0 Å². The standard InChI is InChI=1S/C16H22N2O4S/c1-12(17-11-15(19)16-5-4-10-22-16)13-6-8-14(9-7-13)23(20,21)18(2)3/h4-10,12,15,17,19H,11H2,1-3H3. The molecule has 6 nitrogen and oxygen atoms in total. The number of aliphatic hydroxyl groups excluding tert-OH is 1. The van der Waals surface area contributed by atoms with E-state index in [1.165, 1.54) is 24.7 Å². The Kier molecular flexibility index (Phi) is 5.59. The van der Waals surface area contributed by atoms with Crippen molar-refractivity contribution in [2.24, 2.45) is 0 Å². The van der Waals surface area contributed by atoms with Gasteiger partial charge in [0, 0.05) is 26.7 Å². The molecule has 0 saturated carbocycles. The topological polar surface area (TPSA) is 82.8 Å². The SMILES string of the molecule is CC(NCC(O)c1ccco1)c1ccc(S(=O)(=O)N(C)C)cc1. The lowest BCUT2D eigenvalue weighted by Crippen LogP contribution is -2.25. The molecule has 126 valence electrons. The molecule has 0 bridgehead atoms. The van der Waals surface area contributed by atoms with E-state index in [-0.39, 0.29) is 10.9 Å². The van der Waals surface area contributed by atoms with Crippen LogP contribution in [-0.2, 0) is 10.0 Å². The van der Waals surface area contributed by atoms with Crippen LogP contribution in [0.5, 0.6) is 0 Å². The molecule has 2 atom stereocenters. The van der Waals surface area contributed by atoms with E-state index in [1.807, 2.05) is 6.92 Å². The van der Waals surface area contributed by atoms with Crippen molar-refractivity contribution in [3.05, 3.63) is 54.0 Å². The average Bonchev–Trinajstić information content (AvgIpc) is 3.06. The van der Waals surface area contributed by atoms with Crippen molar-refractivity contribution in [2.45, 2.75) is 24.0 Å². The number of aliphatic hydroxyl groups is 1. The van der Waals surface area contributed by atoms with Crippen molar-refractivity contribution in [3.8, 4) is 0 Å². The first-order chi connectivity index (χ1) is 10.8. The van der Waals surface area contributed by atoms with Gasteiger partial charge in [-0.05, 0) is 36.8 Å². The molecule has 2 rings (SSSR count). The summed E-state index contributed by atoms with van der Waals surface area (Å²) in [5, 5.41) is 13.2. The van der Waals surface area contributed by atoms with Crippen molar-refractivity contribution in [3.63, 3.8) is 0 Å². The summed E-state index contributed by atoms with van der Waals surface area (Å²) in [6, 6.07) is 10.1. The fourth-order valence-corrected chi connectivity index (χ4v) is 3.03. The summed E-state index contributed by atoms with van der Waals surface area (Å²) in [6.07, 6.45) is 0.798. The highest BCUT2D eigenvalue weighted by Gasteiger charge is 2.18. The summed E-state index contributed by atoms with van der Waals surface area (Å²) < 4.78 is 30.4. The minimum Gasteiger partial charge on any atom is -0.467 e. The van der Waals surface area contributed by atoms with Crippen LogP contribution >= 0.6 is 0 Å². The first-order valence-corrected chi connectivity index (χ1v) is 8.73. The van der Waals surface area contributed by atoms with Crippen LogP contribution in [0, 0.1) is 0 Å². The summed E-state index contributed by atoms with van der Waals surface area (Å²) >= 11 is 0. The zero-order valence-corrected chi connectivity index (χ0v) is 14.2. The van der Waals surface area contributed by atoms with E-state index in [9.17, 15) is 13.5 Å². The number of hydrogen-bond acceptors (Lipinski definition) is 5. The highest BCUT2D eigenvalue weighted by Crippen LogP contribution is 2.19. The Bertz CT molecular complexity index is 709. The van der Waals surface area contributed by atoms with Crippen LogP contribution in [-0.4, -0.2) is 38.5 Å². The van der Waals surface area contributed by atoms with Gasteiger partial charge in [0.1, 0.15) is 11.9 Å². The maximum absolute atomic E-state index is 12.0. The molecule has 0 amide bonds. The van der Waals surface area contributed by atoms with E-state index in [1.54, 1.807) is 36.4 Å². The van der Waals surface area contributed by atoms with Gasteiger partial charge >= 0.3 is 0 Å². The van der Waals surface area contributed by atoms with Gasteiger partial charge in [-0.3, -0.25) is 0 Å². The minimum absolute atomic E-state index is 0.0317. The molecule has 1 aromatic heterocycles. The predicted molar refractivity (Wildman–Crippen MR) is 87.4 cm³/mol. The van der Waals surface area contributed by atoms with Crippen LogP contribution in [0.4, 0.5) is 0 Å². The predicted octanol–water partition coefficient (Wildman–Crippen LogP) is 1.91. The largest absolute Gasteiger partial charge is 0.467 e. The Labute approximate surface area is 136 Å². The summed E-state index contributed by atoms with van der Waals surface area (Å²) in [5.74, 6) is 0.511. The normalized spacial score (nSPS) is 14.8. The Morgan fingerprint density at radius 3 is 2.39 bits per heavy atom. The third kappa shape index (κ3) is 4.20. The molecule has 1 aromatic carbocycles. The van der Waals surface area contributed by atoms with Crippen molar-refractivity contribution in [1.82, 2.24) is 9.62 Å². The van der Waals surface area contributed by atoms with E-state index in [0.29, 0.717) is 12.3 Å². The first kappa shape index (κ1) is 17.7. The Balaban J connectivity index is 1.99. The molecule has 1 heterocycles. The third-order valence-electron chi connectivity index (χ3n) is 3.65. The van der Waals surface area contributed by atoms with Gasteiger partial charge in [-0.1, -0.05) is 12.1 Å². The van der Waals surface area contributed by atoms with E-state index < -0.39 is 16.1 Å². The molecule has 7 heteroatoms. The van der Waals surface area contributed by atoms with Gasteiger partial charge in [-0.2, -0.15) is 0 Å². The number of rotatable bonds is 7. The fraction of sp³-hybridized carbons (Fsp3) is 0.375. The first-order valence-electron chi connectivity index (χ1n) is 7.29. The van der Waals surface area contributed by atoms with Crippen LogP contribution in [0.15, 0.2) is 52.0 Å². The van der Waals surface area contributed by atoms with E-state index in [4.69, 9.17) is 4.42 Å². The quantitative estimate of drug-likeness (QED) is 0.806. The lowest BCUT2D eigenvalue weighted by atomic mass is 10.1. The van der Waals surface area contributed by atoms with E-state index in [2.05, 4.69) is 5.32 Å². The van der Waals surface area contributed by atoms with Gasteiger partial charge in [0.05, 0.1) is 11.2 Å². The molecular formula is C16H22N2O4S. The highest BCUT2D eigenvalue weighted by molar-refractivity contribution is 7.89. The molecule has 0 saturated heterocycles.